The lowest BCUT2D eigenvalue weighted by atomic mass is 10.1. The third kappa shape index (κ3) is 7.04. The number of hydrogen-bond acceptors (Lipinski definition) is 3. The quantitative estimate of drug-likeness (QED) is 0.630. The zero-order valence-electron chi connectivity index (χ0n) is 11.7. The van der Waals surface area contributed by atoms with E-state index >= 15 is 0 Å². The Labute approximate surface area is 117 Å². The normalized spacial score (nSPS) is 12.9. The smallest absolute Gasteiger partial charge is 0.0205 e. The molecule has 0 spiro atoms. The molecule has 1 rings (SSSR count). The van der Waals surface area contributed by atoms with Gasteiger partial charge in [0.05, 0.1) is 0 Å². The summed E-state index contributed by atoms with van der Waals surface area (Å²) in [5.41, 5.74) is 2.74. The molecule has 0 saturated heterocycles. The fourth-order valence-electron chi connectivity index (χ4n) is 1.75. The van der Waals surface area contributed by atoms with Gasteiger partial charge in [-0.2, -0.15) is 12.6 Å². The van der Waals surface area contributed by atoms with Gasteiger partial charge in [-0.1, -0.05) is 45.0 Å². The van der Waals surface area contributed by atoms with Crippen LogP contribution >= 0.6 is 12.6 Å². The Hall–Kier alpha value is -0.510. The molecule has 1 aromatic rings. The van der Waals surface area contributed by atoms with Gasteiger partial charge >= 0.3 is 0 Å². The van der Waals surface area contributed by atoms with Gasteiger partial charge in [0.1, 0.15) is 0 Å². The minimum absolute atomic E-state index is 0.409. The topological polar surface area (TPSA) is 24.1 Å². The molecule has 18 heavy (non-hydrogen) atoms. The van der Waals surface area contributed by atoms with Crippen molar-refractivity contribution in [3.05, 3.63) is 35.4 Å². The standard InChI is InChI=1S/C15H26N2S/c1-12(2)17-9-8-14-4-6-15(7-5-14)11-16-10-13(3)18/h4-7,12-13,16-18H,8-11H2,1-3H3. The number of nitrogens with one attached hydrogen (secondary N) is 2. The van der Waals surface area contributed by atoms with Crippen LogP contribution in [0.2, 0.25) is 0 Å². The van der Waals surface area contributed by atoms with Gasteiger partial charge in [-0.25, -0.2) is 0 Å². The lowest BCUT2D eigenvalue weighted by Gasteiger charge is -2.09. The molecule has 2 N–H and O–H groups in total. The van der Waals surface area contributed by atoms with Gasteiger partial charge in [-0.3, -0.25) is 0 Å². The van der Waals surface area contributed by atoms with Crippen molar-refractivity contribution < 1.29 is 0 Å². The Morgan fingerprint density at radius 1 is 1.06 bits per heavy atom. The van der Waals surface area contributed by atoms with Crippen LogP contribution in [-0.2, 0) is 13.0 Å². The molecule has 1 atom stereocenters. The van der Waals surface area contributed by atoms with E-state index in [4.69, 9.17) is 0 Å². The van der Waals surface area contributed by atoms with E-state index in [-0.39, 0.29) is 0 Å². The molecule has 0 aliphatic heterocycles. The predicted octanol–water partition coefficient (Wildman–Crippen LogP) is 2.64. The fraction of sp³-hybridized carbons (Fsp3) is 0.600. The molecule has 0 amide bonds. The second kappa shape index (κ2) is 8.57. The van der Waals surface area contributed by atoms with Crippen molar-refractivity contribution in [3.63, 3.8) is 0 Å². The van der Waals surface area contributed by atoms with E-state index < -0.39 is 0 Å². The maximum atomic E-state index is 4.35. The summed E-state index contributed by atoms with van der Waals surface area (Å²) in [6.45, 7) is 9.38. The summed E-state index contributed by atoms with van der Waals surface area (Å²) in [6, 6.07) is 9.44. The zero-order chi connectivity index (χ0) is 13.4. The predicted molar refractivity (Wildman–Crippen MR) is 83.4 cm³/mol. The first-order chi connectivity index (χ1) is 8.58. The molecule has 0 aliphatic rings. The average Bonchev–Trinajstić information content (AvgIpc) is 2.30. The molecule has 0 fully saturated rings. The largest absolute Gasteiger partial charge is 0.314 e. The summed E-state index contributed by atoms with van der Waals surface area (Å²) in [4.78, 5) is 0. The first-order valence-electron chi connectivity index (χ1n) is 6.78. The van der Waals surface area contributed by atoms with Crippen LogP contribution in [0.3, 0.4) is 0 Å². The van der Waals surface area contributed by atoms with E-state index in [2.05, 4.69) is 68.3 Å². The van der Waals surface area contributed by atoms with Gasteiger partial charge in [0.15, 0.2) is 0 Å². The summed E-state index contributed by atoms with van der Waals surface area (Å²) < 4.78 is 0. The van der Waals surface area contributed by atoms with Gasteiger partial charge < -0.3 is 10.6 Å². The van der Waals surface area contributed by atoms with Crippen molar-refractivity contribution >= 4 is 12.6 Å². The number of hydrogen-bond donors (Lipinski definition) is 3. The van der Waals surface area contributed by atoms with Crippen LogP contribution in [0, 0.1) is 0 Å². The van der Waals surface area contributed by atoms with Crippen LogP contribution in [0.25, 0.3) is 0 Å². The van der Waals surface area contributed by atoms with E-state index in [0.717, 1.165) is 26.1 Å². The monoisotopic (exact) mass is 266 g/mol. The maximum absolute atomic E-state index is 4.35. The Bertz CT molecular complexity index is 287. The van der Waals surface area contributed by atoms with Crippen molar-refractivity contribution in [1.82, 2.24) is 10.6 Å². The van der Waals surface area contributed by atoms with Crippen LogP contribution < -0.4 is 10.6 Å². The van der Waals surface area contributed by atoms with E-state index in [1.807, 2.05) is 0 Å². The lowest BCUT2D eigenvalue weighted by molar-refractivity contribution is 0.590. The second-order valence-electron chi connectivity index (χ2n) is 5.16. The maximum Gasteiger partial charge on any atom is 0.0205 e. The van der Waals surface area contributed by atoms with E-state index in [9.17, 15) is 0 Å². The molecule has 0 radical (unpaired) electrons. The summed E-state index contributed by atoms with van der Waals surface area (Å²) in [6.07, 6.45) is 1.10. The molecular weight excluding hydrogens is 240 g/mol. The van der Waals surface area contributed by atoms with Crippen LogP contribution in [0.5, 0.6) is 0 Å². The van der Waals surface area contributed by atoms with Crippen molar-refractivity contribution in [2.24, 2.45) is 0 Å². The Morgan fingerprint density at radius 3 is 2.22 bits per heavy atom. The van der Waals surface area contributed by atoms with E-state index in [1.165, 1.54) is 11.1 Å². The molecule has 1 unspecified atom stereocenters. The SMILES string of the molecule is CC(S)CNCc1ccc(CCNC(C)C)cc1. The molecule has 0 bridgehead atoms. The zero-order valence-corrected chi connectivity index (χ0v) is 12.6. The average molecular weight is 266 g/mol. The highest BCUT2D eigenvalue weighted by atomic mass is 32.1. The molecule has 2 nitrogen and oxygen atoms in total. The molecule has 0 saturated carbocycles. The first kappa shape index (κ1) is 15.5. The second-order valence-corrected chi connectivity index (χ2v) is 6.04. The van der Waals surface area contributed by atoms with E-state index in [0.29, 0.717) is 11.3 Å². The molecule has 3 heteroatoms. The molecule has 1 aromatic carbocycles. The van der Waals surface area contributed by atoms with Gasteiger partial charge in [0.2, 0.25) is 0 Å². The van der Waals surface area contributed by atoms with Crippen LogP contribution in [0.1, 0.15) is 31.9 Å². The number of rotatable bonds is 8. The van der Waals surface area contributed by atoms with Gasteiger partial charge in [0.25, 0.3) is 0 Å². The highest BCUT2D eigenvalue weighted by molar-refractivity contribution is 7.80. The Kier molecular flexibility index (Phi) is 7.40. The molecule has 0 heterocycles. The summed E-state index contributed by atoms with van der Waals surface area (Å²) in [5, 5.41) is 7.23. The van der Waals surface area contributed by atoms with Gasteiger partial charge in [-0.05, 0) is 24.1 Å². The third-order valence-corrected chi connectivity index (χ3v) is 2.94. The molecule has 102 valence electrons. The fourth-order valence-corrected chi connectivity index (χ4v) is 1.88. The summed E-state index contributed by atoms with van der Waals surface area (Å²) in [7, 11) is 0. The van der Waals surface area contributed by atoms with Crippen molar-refractivity contribution in [3.8, 4) is 0 Å². The van der Waals surface area contributed by atoms with Crippen LogP contribution in [0.4, 0.5) is 0 Å². The van der Waals surface area contributed by atoms with Crippen molar-refractivity contribution in [2.75, 3.05) is 13.1 Å². The summed E-state index contributed by atoms with van der Waals surface area (Å²) in [5.74, 6) is 0. The van der Waals surface area contributed by atoms with Crippen LogP contribution in [0.15, 0.2) is 24.3 Å². The van der Waals surface area contributed by atoms with Crippen LogP contribution in [-0.4, -0.2) is 24.4 Å². The van der Waals surface area contributed by atoms with Crippen molar-refractivity contribution in [1.29, 1.82) is 0 Å². The molecular formula is C15H26N2S. The highest BCUT2D eigenvalue weighted by Crippen LogP contribution is 2.05. The number of thiol groups is 1. The van der Waals surface area contributed by atoms with Gasteiger partial charge in [-0.15, -0.1) is 0 Å². The highest BCUT2D eigenvalue weighted by Gasteiger charge is 1.98. The van der Waals surface area contributed by atoms with Crippen molar-refractivity contribution in [2.45, 2.75) is 45.0 Å². The van der Waals surface area contributed by atoms with E-state index in [1.54, 1.807) is 0 Å². The molecule has 0 aromatic heterocycles. The molecule has 0 aliphatic carbocycles. The third-order valence-electron chi connectivity index (χ3n) is 2.76. The Morgan fingerprint density at radius 2 is 1.67 bits per heavy atom. The van der Waals surface area contributed by atoms with Gasteiger partial charge in [0, 0.05) is 24.4 Å². The Balaban J connectivity index is 2.28. The number of benzene rings is 1. The first-order valence-corrected chi connectivity index (χ1v) is 7.29. The minimum atomic E-state index is 0.409. The lowest BCUT2D eigenvalue weighted by Crippen LogP contribution is -2.24. The summed E-state index contributed by atoms with van der Waals surface area (Å²) >= 11 is 4.35. The minimum Gasteiger partial charge on any atom is -0.314 e.